The number of hydrogen-bond donors (Lipinski definition) is 1. The molecule has 6 heteroatoms. The molecular weight excluding hydrogens is 358 g/mol. The molecule has 28 heavy (non-hydrogen) atoms. The van der Waals surface area contributed by atoms with Crippen molar-refractivity contribution in [1.82, 2.24) is 5.32 Å². The monoisotopic (exact) mass is 379 g/mol. The van der Waals surface area contributed by atoms with Gasteiger partial charge in [-0.15, -0.1) is 0 Å². The Labute approximate surface area is 162 Å². The Balaban J connectivity index is 1.63. The third kappa shape index (κ3) is 4.85. The van der Waals surface area contributed by atoms with Gasteiger partial charge in [0.1, 0.15) is 11.3 Å². The Morgan fingerprint density at radius 1 is 1.11 bits per heavy atom. The fourth-order valence-electron chi connectivity index (χ4n) is 2.93. The van der Waals surface area contributed by atoms with E-state index < -0.39 is 17.6 Å². The first-order valence-electron chi connectivity index (χ1n) is 8.93. The molecule has 0 saturated carbocycles. The molecule has 1 amide bonds. The van der Waals surface area contributed by atoms with Crippen molar-refractivity contribution in [3.05, 3.63) is 76.1 Å². The summed E-state index contributed by atoms with van der Waals surface area (Å²) in [6, 6.07) is 15.3. The lowest BCUT2D eigenvalue weighted by atomic mass is 10.0. The summed E-state index contributed by atoms with van der Waals surface area (Å²) in [5, 5.41) is 3.51. The molecule has 0 radical (unpaired) electrons. The first kappa shape index (κ1) is 19.4. The van der Waals surface area contributed by atoms with Crippen molar-refractivity contribution >= 4 is 22.7 Å². The van der Waals surface area contributed by atoms with Crippen LogP contribution >= 0.6 is 0 Å². The Morgan fingerprint density at radius 2 is 1.86 bits per heavy atom. The summed E-state index contributed by atoms with van der Waals surface area (Å²) in [6.07, 6.45) is 0.419. The summed E-state index contributed by atoms with van der Waals surface area (Å²) < 4.78 is 10.7. The Hall–Kier alpha value is -3.41. The van der Waals surface area contributed by atoms with Crippen LogP contribution in [0.15, 0.2) is 63.8 Å². The van der Waals surface area contributed by atoms with Crippen LogP contribution in [-0.2, 0) is 16.0 Å². The molecule has 6 nitrogen and oxygen atoms in total. The van der Waals surface area contributed by atoms with E-state index in [-0.39, 0.29) is 12.4 Å². The quantitative estimate of drug-likeness (QED) is 0.638. The number of hydrogen-bond acceptors (Lipinski definition) is 5. The number of aryl methyl sites for hydroxylation is 1. The van der Waals surface area contributed by atoms with Crippen molar-refractivity contribution in [2.45, 2.75) is 26.3 Å². The number of benzene rings is 2. The van der Waals surface area contributed by atoms with E-state index in [0.29, 0.717) is 17.8 Å². The zero-order valence-electron chi connectivity index (χ0n) is 15.7. The van der Waals surface area contributed by atoms with Gasteiger partial charge in [-0.2, -0.15) is 0 Å². The average Bonchev–Trinajstić information content (AvgIpc) is 2.66. The number of ether oxygens (including phenoxy) is 1. The fraction of sp³-hybridized carbons (Fsp3) is 0.227. The van der Waals surface area contributed by atoms with Gasteiger partial charge in [0.2, 0.25) is 0 Å². The third-order valence-electron chi connectivity index (χ3n) is 4.40. The topological polar surface area (TPSA) is 85.6 Å². The predicted octanol–water partition coefficient (Wildman–Crippen LogP) is 2.80. The van der Waals surface area contributed by atoms with E-state index in [0.717, 1.165) is 16.5 Å². The molecule has 3 rings (SSSR count). The van der Waals surface area contributed by atoms with Crippen LogP contribution in [0.1, 0.15) is 18.1 Å². The summed E-state index contributed by atoms with van der Waals surface area (Å²) in [7, 11) is 0. The van der Waals surface area contributed by atoms with Gasteiger partial charge in [0.15, 0.2) is 12.4 Å². The van der Waals surface area contributed by atoms with Crippen LogP contribution in [0.4, 0.5) is 0 Å². The molecule has 0 aliphatic carbocycles. The highest BCUT2D eigenvalue weighted by Gasteiger charge is 2.18. The molecule has 2 aromatic carbocycles. The maximum absolute atomic E-state index is 12.2. The molecule has 0 bridgehead atoms. The highest BCUT2D eigenvalue weighted by atomic mass is 16.5. The predicted molar refractivity (Wildman–Crippen MR) is 105 cm³/mol. The number of carbonyl (C=O) groups is 2. The number of fused-ring (bicyclic) bond motifs is 1. The lowest BCUT2D eigenvalue weighted by Crippen LogP contribution is -2.43. The van der Waals surface area contributed by atoms with Crippen molar-refractivity contribution in [3.63, 3.8) is 0 Å². The van der Waals surface area contributed by atoms with Gasteiger partial charge in [-0.05, 0) is 43.5 Å². The average molecular weight is 379 g/mol. The lowest BCUT2D eigenvalue weighted by molar-refractivity contribution is -0.128. The second-order valence-corrected chi connectivity index (χ2v) is 6.62. The minimum atomic E-state index is -0.615. The van der Waals surface area contributed by atoms with Crippen molar-refractivity contribution in [3.8, 4) is 5.75 Å². The van der Waals surface area contributed by atoms with E-state index in [1.54, 1.807) is 18.2 Å². The summed E-state index contributed by atoms with van der Waals surface area (Å²) >= 11 is 0. The summed E-state index contributed by atoms with van der Waals surface area (Å²) in [6.45, 7) is 3.02. The molecule has 1 aromatic heterocycles. The second-order valence-electron chi connectivity index (χ2n) is 6.62. The number of rotatable bonds is 7. The lowest BCUT2D eigenvalue weighted by Gasteiger charge is -2.16. The van der Waals surface area contributed by atoms with Crippen LogP contribution in [0.5, 0.6) is 5.75 Å². The Bertz CT molecular complexity index is 1060. The van der Waals surface area contributed by atoms with E-state index in [1.165, 1.54) is 13.0 Å². The number of carbonyl (C=O) groups excluding carboxylic acids is 2. The van der Waals surface area contributed by atoms with Crippen LogP contribution < -0.4 is 15.7 Å². The first-order chi connectivity index (χ1) is 13.4. The Morgan fingerprint density at radius 3 is 2.57 bits per heavy atom. The zero-order chi connectivity index (χ0) is 20.1. The number of amides is 1. The Kier molecular flexibility index (Phi) is 5.89. The van der Waals surface area contributed by atoms with Crippen molar-refractivity contribution in [2.24, 2.45) is 0 Å². The second kappa shape index (κ2) is 8.52. The SMILES string of the molecule is CC(=O)[C@H](Cc1ccccc1)NC(=O)COc1ccc2c(C)cc(=O)oc2c1. The van der Waals surface area contributed by atoms with Gasteiger partial charge in [-0.3, -0.25) is 9.59 Å². The van der Waals surface area contributed by atoms with Gasteiger partial charge in [0.25, 0.3) is 5.91 Å². The van der Waals surface area contributed by atoms with Crippen molar-refractivity contribution in [1.29, 1.82) is 0 Å². The molecular formula is C22H21NO5. The highest BCUT2D eigenvalue weighted by Crippen LogP contribution is 2.22. The van der Waals surface area contributed by atoms with Gasteiger partial charge in [-0.25, -0.2) is 4.79 Å². The van der Waals surface area contributed by atoms with E-state index in [2.05, 4.69) is 5.32 Å². The smallest absolute Gasteiger partial charge is 0.336 e. The third-order valence-corrected chi connectivity index (χ3v) is 4.40. The van der Waals surface area contributed by atoms with Gasteiger partial charge < -0.3 is 14.5 Å². The fourth-order valence-corrected chi connectivity index (χ4v) is 2.93. The molecule has 0 saturated heterocycles. The van der Waals surface area contributed by atoms with E-state index >= 15 is 0 Å². The molecule has 1 N–H and O–H groups in total. The summed E-state index contributed by atoms with van der Waals surface area (Å²) in [5.41, 5.74) is 1.73. The van der Waals surface area contributed by atoms with Crippen molar-refractivity contribution < 1.29 is 18.7 Å². The van der Waals surface area contributed by atoms with Crippen molar-refractivity contribution in [2.75, 3.05) is 6.61 Å². The van der Waals surface area contributed by atoms with Gasteiger partial charge in [0.05, 0.1) is 6.04 Å². The molecule has 0 aliphatic heterocycles. The minimum Gasteiger partial charge on any atom is -0.484 e. The summed E-state index contributed by atoms with van der Waals surface area (Å²) in [4.78, 5) is 35.6. The van der Waals surface area contributed by atoms with Gasteiger partial charge in [0, 0.05) is 17.5 Å². The van der Waals surface area contributed by atoms with Crippen LogP contribution in [0.25, 0.3) is 11.0 Å². The minimum absolute atomic E-state index is 0.125. The molecule has 0 aliphatic rings. The van der Waals surface area contributed by atoms with Crippen LogP contribution in [0.2, 0.25) is 0 Å². The molecule has 0 unspecified atom stereocenters. The normalized spacial score (nSPS) is 11.8. The van der Waals surface area contributed by atoms with Crippen LogP contribution in [0.3, 0.4) is 0 Å². The molecule has 144 valence electrons. The first-order valence-corrected chi connectivity index (χ1v) is 8.93. The van der Waals surface area contributed by atoms with Gasteiger partial charge in [-0.1, -0.05) is 30.3 Å². The maximum atomic E-state index is 12.2. The largest absolute Gasteiger partial charge is 0.484 e. The molecule has 1 atom stereocenters. The van der Waals surface area contributed by atoms with Crippen LogP contribution in [-0.4, -0.2) is 24.3 Å². The van der Waals surface area contributed by atoms with E-state index in [4.69, 9.17) is 9.15 Å². The number of ketones is 1. The standard InChI is InChI=1S/C22H21NO5/c1-14-10-22(26)28-20-12-17(8-9-18(14)20)27-13-21(25)23-19(15(2)24)11-16-6-4-3-5-7-16/h3-10,12,19H,11,13H2,1-2H3,(H,23,25)/t19-/m0/s1. The van der Waals surface area contributed by atoms with Gasteiger partial charge >= 0.3 is 5.63 Å². The molecule has 0 spiro atoms. The van der Waals surface area contributed by atoms with E-state index in [9.17, 15) is 14.4 Å². The summed E-state index contributed by atoms with van der Waals surface area (Å²) in [5.74, 6) is -0.124. The molecule has 0 fully saturated rings. The number of Topliss-reactive ketones (excluding diaryl/α,β-unsaturated/α-hetero) is 1. The number of nitrogens with one attached hydrogen (secondary N) is 1. The molecule has 3 aromatic rings. The maximum Gasteiger partial charge on any atom is 0.336 e. The highest BCUT2D eigenvalue weighted by molar-refractivity contribution is 5.88. The zero-order valence-corrected chi connectivity index (χ0v) is 15.7. The van der Waals surface area contributed by atoms with E-state index in [1.807, 2.05) is 37.3 Å². The molecule has 1 heterocycles. The van der Waals surface area contributed by atoms with Crippen LogP contribution in [0, 0.1) is 6.92 Å².